The Morgan fingerprint density at radius 2 is 0.968 bits per heavy atom. The summed E-state index contributed by atoms with van der Waals surface area (Å²) >= 11 is 0. The van der Waals surface area contributed by atoms with Crippen LogP contribution in [0.3, 0.4) is 0 Å². The van der Waals surface area contributed by atoms with Crippen LogP contribution in [0, 0.1) is 0 Å². The second-order valence-corrected chi connectivity index (χ2v) is 11.9. The van der Waals surface area contributed by atoms with Crippen molar-refractivity contribution < 1.29 is 0 Å². The average molecular weight is 419 g/mol. The largest absolute Gasteiger partial charge is 0.0654 e. The minimum Gasteiger partial charge on any atom is -0.0654 e. The van der Waals surface area contributed by atoms with Gasteiger partial charge in [-0.05, 0) is 87.4 Å². The van der Waals surface area contributed by atoms with Crippen molar-refractivity contribution in [3.05, 3.63) is 57.6 Å². The lowest BCUT2D eigenvalue weighted by molar-refractivity contribution is 0.577. The molecule has 1 aliphatic rings. The van der Waals surface area contributed by atoms with Crippen molar-refractivity contribution in [3.8, 4) is 11.1 Å². The molecule has 0 saturated heterocycles. The van der Waals surface area contributed by atoms with E-state index >= 15 is 0 Å². The quantitative estimate of drug-likeness (QED) is 0.320. The van der Waals surface area contributed by atoms with Gasteiger partial charge in [-0.1, -0.05) is 105 Å². The average Bonchev–Trinajstić information content (AvgIpc) is 3.02. The molecule has 170 valence electrons. The predicted octanol–water partition coefficient (Wildman–Crippen LogP) is 9.32. The molecule has 0 unspecified atom stereocenters. The van der Waals surface area contributed by atoms with Crippen molar-refractivity contribution in [2.24, 2.45) is 0 Å². The van der Waals surface area contributed by atoms with Crippen LogP contribution in [-0.4, -0.2) is 0 Å². The molecule has 0 spiro atoms. The molecule has 0 heterocycles. The number of unbranched alkanes of at least 4 members (excludes halogenated alkanes) is 4. The molecule has 2 aromatic rings. The Morgan fingerprint density at radius 1 is 0.581 bits per heavy atom. The molecule has 0 aliphatic heterocycles. The van der Waals surface area contributed by atoms with E-state index in [0.29, 0.717) is 0 Å². The van der Waals surface area contributed by atoms with E-state index in [1.165, 1.54) is 62.5 Å². The van der Waals surface area contributed by atoms with Crippen LogP contribution in [0.2, 0.25) is 0 Å². The predicted molar refractivity (Wildman–Crippen MR) is 139 cm³/mol. The van der Waals surface area contributed by atoms with Crippen LogP contribution in [-0.2, 0) is 30.1 Å². The molecular formula is C31H46. The number of aryl methyl sites for hydroxylation is 2. The smallest absolute Gasteiger partial charge is 0.00132 e. The summed E-state index contributed by atoms with van der Waals surface area (Å²) in [5.41, 5.74) is 12.8. The lowest BCUT2D eigenvalue weighted by Crippen LogP contribution is -2.15. The highest BCUT2D eigenvalue weighted by Gasteiger charge is 2.28. The maximum absolute atomic E-state index is 2.57. The molecule has 0 saturated carbocycles. The van der Waals surface area contributed by atoms with Gasteiger partial charge in [-0.3, -0.25) is 0 Å². The fourth-order valence-electron chi connectivity index (χ4n) is 5.33. The fourth-order valence-corrected chi connectivity index (χ4v) is 5.33. The molecular weight excluding hydrogens is 372 g/mol. The zero-order valence-corrected chi connectivity index (χ0v) is 21.7. The fraction of sp³-hybridized carbons (Fsp3) is 0.613. The maximum atomic E-state index is 2.57. The maximum Gasteiger partial charge on any atom is -0.00132 e. The van der Waals surface area contributed by atoms with E-state index in [1.54, 1.807) is 33.4 Å². The van der Waals surface area contributed by atoms with Crippen molar-refractivity contribution in [2.75, 3.05) is 0 Å². The van der Waals surface area contributed by atoms with Gasteiger partial charge in [0, 0.05) is 0 Å². The van der Waals surface area contributed by atoms with Gasteiger partial charge in [0.05, 0.1) is 0 Å². The third-order valence-corrected chi connectivity index (χ3v) is 7.04. The summed E-state index contributed by atoms with van der Waals surface area (Å²) in [5.74, 6) is 0. The Bertz CT molecular complexity index is 824. The second kappa shape index (κ2) is 9.51. The Hall–Kier alpha value is -1.56. The van der Waals surface area contributed by atoms with Crippen LogP contribution in [0.4, 0.5) is 0 Å². The summed E-state index contributed by atoms with van der Waals surface area (Å²) in [6.07, 6.45) is 11.4. The van der Waals surface area contributed by atoms with Crippen molar-refractivity contribution in [1.29, 1.82) is 0 Å². The lowest BCUT2D eigenvalue weighted by atomic mass is 9.79. The highest BCUT2D eigenvalue weighted by Crippen LogP contribution is 2.44. The molecule has 1 aliphatic carbocycles. The number of benzene rings is 2. The lowest BCUT2D eigenvalue weighted by Gasteiger charge is -2.26. The van der Waals surface area contributed by atoms with Crippen LogP contribution in [0.5, 0.6) is 0 Å². The van der Waals surface area contributed by atoms with E-state index in [9.17, 15) is 0 Å². The Morgan fingerprint density at radius 3 is 1.29 bits per heavy atom. The number of hydrogen-bond donors (Lipinski definition) is 0. The minimum atomic E-state index is 0.187. The molecule has 0 amide bonds. The molecule has 0 nitrogen and oxygen atoms in total. The molecule has 0 heteroatoms. The van der Waals surface area contributed by atoms with Crippen molar-refractivity contribution in [1.82, 2.24) is 0 Å². The Labute approximate surface area is 192 Å². The molecule has 3 rings (SSSR count). The van der Waals surface area contributed by atoms with Gasteiger partial charge >= 0.3 is 0 Å². The van der Waals surface area contributed by atoms with Gasteiger partial charge in [0.25, 0.3) is 0 Å². The van der Waals surface area contributed by atoms with Gasteiger partial charge in [-0.15, -0.1) is 0 Å². The van der Waals surface area contributed by atoms with Gasteiger partial charge in [0.1, 0.15) is 0 Å². The normalized spacial score (nSPS) is 13.4. The molecule has 0 atom stereocenters. The molecule has 31 heavy (non-hydrogen) atoms. The first-order chi connectivity index (χ1) is 14.6. The van der Waals surface area contributed by atoms with E-state index in [4.69, 9.17) is 0 Å². The molecule has 0 aromatic heterocycles. The van der Waals surface area contributed by atoms with Crippen LogP contribution >= 0.6 is 0 Å². The molecule has 0 bridgehead atoms. The first-order valence-electron chi connectivity index (χ1n) is 12.9. The third-order valence-electron chi connectivity index (χ3n) is 7.04. The summed E-state index contributed by atoms with van der Waals surface area (Å²) in [6.45, 7) is 18.9. The Kier molecular flexibility index (Phi) is 7.39. The number of rotatable bonds is 8. The SMILES string of the molecule is CCCCCc1cc2c(cc1C(C)(C)C)-c1cc(C(C)(C)C)c(CCCCC)cc1C2. The Balaban J connectivity index is 2.07. The number of hydrogen-bond acceptors (Lipinski definition) is 0. The van der Waals surface area contributed by atoms with Gasteiger partial charge in [-0.2, -0.15) is 0 Å². The standard InChI is InChI=1S/C31H46/c1-9-11-13-15-22-17-24-19-25-18-23(16-14-12-10-2)29(31(6,7)8)21-27(25)26(24)20-28(22)30(3,4)5/h17-18,20-21H,9-16,19H2,1-8H3. The minimum absolute atomic E-state index is 0.187. The molecule has 0 radical (unpaired) electrons. The highest BCUT2D eigenvalue weighted by atomic mass is 14.3. The van der Waals surface area contributed by atoms with E-state index in [1.807, 2.05) is 0 Å². The second-order valence-electron chi connectivity index (χ2n) is 11.9. The summed E-state index contributed by atoms with van der Waals surface area (Å²) < 4.78 is 0. The summed E-state index contributed by atoms with van der Waals surface area (Å²) in [5, 5.41) is 0. The zero-order valence-electron chi connectivity index (χ0n) is 21.7. The molecule has 2 aromatic carbocycles. The van der Waals surface area contributed by atoms with E-state index in [2.05, 4.69) is 79.7 Å². The monoisotopic (exact) mass is 418 g/mol. The topological polar surface area (TPSA) is 0 Å². The van der Waals surface area contributed by atoms with Crippen LogP contribution < -0.4 is 0 Å². The van der Waals surface area contributed by atoms with Crippen molar-refractivity contribution in [2.45, 2.75) is 124 Å². The third kappa shape index (κ3) is 5.44. The van der Waals surface area contributed by atoms with Gasteiger partial charge < -0.3 is 0 Å². The van der Waals surface area contributed by atoms with Crippen LogP contribution in [0.15, 0.2) is 24.3 Å². The summed E-state index contributed by atoms with van der Waals surface area (Å²) in [4.78, 5) is 0. The van der Waals surface area contributed by atoms with Gasteiger partial charge in [0.15, 0.2) is 0 Å². The van der Waals surface area contributed by atoms with Crippen molar-refractivity contribution >= 4 is 0 Å². The van der Waals surface area contributed by atoms with Gasteiger partial charge in [-0.25, -0.2) is 0 Å². The summed E-state index contributed by atoms with van der Waals surface area (Å²) in [7, 11) is 0. The first kappa shape index (κ1) is 24.1. The van der Waals surface area contributed by atoms with E-state index in [0.717, 1.165) is 6.42 Å². The van der Waals surface area contributed by atoms with Crippen molar-refractivity contribution in [3.63, 3.8) is 0 Å². The number of fused-ring (bicyclic) bond motifs is 3. The van der Waals surface area contributed by atoms with E-state index < -0.39 is 0 Å². The van der Waals surface area contributed by atoms with Crippen LogP contribution in [0.25, 0.3) is 11.1 Å². The van der Waals surface area contributed by atoms with Gasteiger partial charge in [0.2, 0.25) is 0 Å². The zero-order chi connectivity index (χ0) is 22.8. The highest BCUT2D eigenvalue weighted by molar-refractivity contribution is 5.79. The first-order valence-corrected chi connectivity index (χ1v) is 12.9. The molecule has 0 N–H and O–H groups in total. The molecule has 0 fully saturated rings. The summed E-state index contributed by atoms with van der Waals surface area (Å²) in [6, 6.07) is 10.3. The van der Waals surface area contributed by atoms with Crippen LogP contribution in [0.1, 0.15) is 127 Å². The van der Waals surface area contributed by atoms with E-state index in [-0.39, 0.29) is 10.8 Å².